The van der Waals surface area contributed by atoms with Gasteiger partial charge in [0.25, 0.3) is 0 Å². The summed E-state index contributed by atoms with van der Waals surface area (Å²) in [7, 11) is 0. The first-order valence-electron chi connectivity index (χ1n) is 4.95. The van der Waals surface area contributed by atoms with Crippen LogP contribution in [0.15, 0.2) is 30.3 Å². The standard InChI is InChI=1S/C12H10Cl2O2S/c13-9-1-3-11(8(5-9)6-15)16-7-10-2-4-12(14)17-10/h1-5,15H,6-7H2. The molecule has 0 atom stereocenters. The van der Waals surface area contributed by atoms with Gasteiger partial charge in [0.05, 0.1) is 10.9 Å². The lowest BCUT2D eigenvalue weighted by Gasteiger charge is -2.09. The fourth-order valence-corrected chi connectivity index (χ4v) is 2.59. The van der Waals surface area contributed by atoms with Gasteiger partial charge in [-0.05, 0) is 30.3 Å². The van der Waals surface area contributed by atoms with Crippen molar-refractivity contribution in [1.29, 1.82) is 0 Å². The van der Waals surface area contributed by atoms with Crippen molar-refractivity contribution in [3.63, 3.8) is 0 Å². The molecule has 0 spiro atoms. The Kier molecular flexibility index (Phi) is 4.29. The summed E-state index contributed by atoms with van der Waals surface area (Å²) in [6.07, 6.45) is 0. The van der Waals surface area contributed by atoms with E-state index in [0.29, 0.717) is 22.9 Å². The number of benzene rings is 1. The number of thiophene rings is 1. The highest BCUT2D eigenvalue weighted by Gasteiger charge is 2.05. The van der Waals surface area contributed by atoms with Crippen LogP contribution in [-0.4, -0.2) is 5.11 Å². The van der Waals surface area contributed by atoms with E-state index in [1.807, 2.05) is 12.1 Å². The Hall–Kier alpha value is -0.740. The predicted molar refractivity (Wildman–Crippen MR) is 71.0 cm³/mol. The summed E-state index contributed by atoms with van der Waals surface area (Å²) in [6.45, 7) is 0.340. The minimum Gasteiger partial charge on any atom is -0.488 e. The number of ether oxygens (including phenoxy) is 1. The summed E-state index contributed by atoms with van der Waals surface area (Å²) in [6, 6.07) is 8.93. The van der Waals surface area contributed by atoms with E-state index in [9.17, 15) is 5.11 Å². The Balaban J connectivity index is 2.08. The van der Waals surface area contributed by atoms with Gasteiger partial charge < -0.3 is 9.84 Å². The minimum absolute atomic E-state index is 0.0961. The van der Waals surface area contributed by atoms with Crippen molar-refractivity contribution in [3.8, 4) is 5.75 Å². The second kappa shape index (κ2) is 5.74. The van der Waals surface area contributed by atoms with Crippen LogP contribution in [0.3, 0.4) is 0 Å². The molecule has 0 amide bonds. The summed E-state index contributed by atoms with van der Waals surface area (Å²) in [4.78, 5) is 1.04. The van der Waals surface area contributed by atoms with Gasteiger partial charge in [0.2, 0.25) is 0 Å². The van der Waals surface area contributed by atoms with Gasteiger partial charge >= 0.3 is 0 Å². The molecule has 0 bridgehead atoms. The van der Waals surface area contributed by atoms with Gasteiger partial charge in [-0.2, -0.15) is 0 Å². The van der Waals surface area contributed by atoms with Crippen molar-refractivity contribution < 1.29 is 9.84 Å². The first kappa shape index (κ1) is 12.7. The number of rotatable bonds is 4. The molecular weight excluding hydrogens is 279 g/mol. The average molecular weight is 289 g/mol. The molecule has 1 aromatic heterocycles. The predicted octanol–water partition coefficient (Wildman–Crippen LogP) is 4.13. The molecule has 0 aliphatic heterocycles. The summed E-state index contributed by atoms with van der Waals surface area (Å²) in [5.41, 5.74) is 0.681. The van der Waals surface area contributed by atoms with Gasteiger partial charge in [0.15, 0.2) is 0 Å². The fourth-order valence-electron chi connectivity index (χ4n) is 1.39. The maximum atomic E-state index is 9.19. The second-order valence-electron chi connectivity index (χ2n) is 3.40. The molecule has 0 radical (unpaired) electrons. The number of hydrogen-bond donors (Lipinski definition) is 1. The summed E-state index contributed by atoms with van der Waals surface area (Å²) < 4.78 is 6.35. The van der Waals surface area contributed by atoms with Crippen molar-refractivity contribution >= 4 is 34.5 Å². The molecular formula is C12H10Cl2O2S. The van der Waals surface area contributed by atoms with Crippen molar-refractivity contribution in [2.75, 3.05) is 0 Å². The first-order chi connectivity index (χ1) is 8.19. The molecule has 1 heterocycles. The van der Waals surface area contributed by atoms with Crippen LogP contribution in [0.4, 0.5) is 0 Å². The Morgan fingerprint density at radius 1 is 1.18 bits per heavy atom. The quantitative estimate of drug-likeness (QED) is 0.917. The lowest BCUT2D eigenvalue weighted by Crippen LogP contribution is -1.97. The van der Waals surface area contributed by atoms with E-state index >= 15 is 0 Å². The molecule has 2 rings (SSSR count). The van der Waals surface area contributed by atoms with E-state index in [0.717, 1.165) is 9.21 Å². The number of aliphatic hydroxyl groups excluding tert-OH is 1. The van der Waals surface area contributed by atoms with Crippen LogP contribution in [0.2, 0.25) is 9.36 Å². The number of aliphatic hydroxyl groups is 1. The van der Waals surface area contributed by atoms with Gasteiger partial charge in [0, 0.05) is 15.5 Å². The largest absolute Gasteiger partial charge is 0.488 e. The SMILES string of the molecule is OCc1cc(Cl)ccc1OCc1ccc(Cl)s1. The summed E-state index contributed by atoms with van der Waals surface area (Å²) in [5.74, 6) is 0.640. The van der Waals surface area contributed by atoms with E-state index in [1.54, 1.807) is 18.2 Å². The van der Waals surface area contributed by atoms with Gasteiger partial charge in [-0.3, -0.25) is 0 Å². The van der Waals surface area contributed by atoms with Gasteiger partial charge in [-0.15, -0.1) is 11.3 Å². The molecule has 17 heavy (non-hydrogen) atoms. The number of halogens is 2. The van der Waals surface area contributed by atoms with Crippen LogP contribution in [0.25, 0.3) is 0 Å². The monoisotopic (exact) mass is 288 g/mol. The smallest absolute Gasteiger partial charge is 0.125 e. The Morgan fingerprint density at radius 3 is 2.65 bits per heavy atom. The topological polar surface area (TPSA) is 29.5 Å². The van der Waals surface area contributed by atoms with E-state index in [4.69, 9.17) is 27.9 Å². The Morgan fingerprint density at radius 2 is 2.00 bits per heavy atom. The van der Waals surface area contributed by atoms with Crippen LogP contribution in [0.1, 0.15) is 10.4 Å². The normalized spacial score (nSPS) is 10.5. The highest BCUT2D eigenvalue weighted by molar-refractivity contribution is 7.16. The molecule has 1 aromatic carbocycles. The van der Waals surface area contributed by atoms with Crippen LogP contribution < -0.4 is 4.74 Å². The van der Waals surface area contributed by atoms with Crippen molar-refractivity contribution in [1.82, 2.24) is 0 Å². The van der Waals surface area contributed by atoms with Crippen LogP contribution in [-0.2, 0) is 13.2 Å². The van der Waals surface area contributed by atoms with E-state index in [-0.39, 0.29) is 6.61 Å². The van der Waals surface area contributed by atoms with E-state index in [2.05, 4.69) is 0 Å². The van der Waals surface area contributed by atoms with E-state index in [1.165, 1.54) is 11.3 Å². The third-order valence-corrected chi connectivity index (χ3v) is 3.63. The van der Waals surface area contributed by atoms with Gasteiger partial charge in [-0.1, -0.05) is 23.2 Å². The molecule has 0 unspecified atom stereocenters. The Bertz CT molecular complexity index is 511. The average Bonchev–Trinajstić information content (AvgIpc) is 2.73. The molecule has 0 aliphatic rings. The van der Waals surface area contributed by atoms with Crippen molar-refractivity contribution in [2.24, 2.45) is 0 Å². The van der Waals surface area contributed by atoms with Crippen LogP contribution in [0.5, 0.6) is 5.75 Å². The van der Waals surface area contributed by atoms with Crippen LogP contribution >= 0.6 is 34.5 Å². The minimum atomic E-state index is -0.0961. The molecule has 0 saturated carbocycles. The molecule has 0 saturated heterocycles. The fraction of sp³-hybridized carbons (Fsp3) is 0.167. The lowest BCUT2D eigenvalue weighted by molar-refractivity contribution is 0.260. The molecule has 0 fully saturated rings. The summed E-state index contributed by atoms with van der Waals surface area (Å²) in [5, 5.41) is 9.77. The lowest BCUT2D eigenvalue weighted by atomic mass is 10.2. The van der Waals surface area contributed by atoms with Crippen molar-refractivity contribution in [2.45, 2.75) is 13.2 Å². The molecule has 1 N–H and O–H groups in total. The van der Waals surface area contributed by atoms with Crippen molar-refractivity contribution in [3.05, 3.63) is 50.1 Å². The zero-order valence-corrected chi connectivity index (χ0v) is 11.1. The maximum absolute atomic E-state index is 9.19. The van der Waals surface area contributed by atoms with E-state index < -0.39 is 0 Å². The summed E-state index contributed by atoms with van der Waals surface area (Å²) >= 11 is 13.1. The molecule has 90 valence electrons. The maximum Gasteiger partial charge on any atom is 0.125 e. The third kappa shape index (κ3) is 3.36. The zero-order chi connectivity index (χ0) is 12.3. The first-order valence-corrected chi connectivity index (χ1v) is 6.52. The highest BCUT2D eigenvalue weighted by atomic mass is 35.5. The third-order valence-electron chi connectivity index (χ3n) is 2.19. The van der Waals surface area contributed by atoms with Crippen LogP contribution in [0, 0.1) is 0 Å². The highest BCUT2D eigenvalue weighted by Crippen LogP contribution is 2.26. The molecule has 2 nitrogen and oxygen atoms in total. The zero-order valence-electron chi connectivity index (χ0n) is 8.82. The van der Waals surface area contributed by atoms with Gasteiger partial charge in [-0.25, -0.2) is 0 Å². The number of hydrogen-bond acceptors (Lipinski definition) is 3. The second-order valence-corrected chi connectivity index (χ2v) is 5.64. The van der Waals surface area contributed by atoms with Gasteiger partial charge in [0.1, 0.15) is 12.4 Å². The molecule has 5 heteroatoms. The molecule has 2 aromatic rings. The Labute approximate surface area is 113 Å². The molecule has 0 aliphatic carbocycles.